The Labute approximate surface area is 180 Å². The number of likely N-dealkylation sites (tertiary alicyclic amines) is 1. The molecule has 0 saturated carbocycles. The van der Waals surface area contributed by atoms with Crippen molar-refractivity contribution >= 4 is 11.8 Å². The highest BCUT2D eigenvalue weighted by molar-refractivity contribution is 5.86. The van der Waals surface area contributed by atoms with Crippen molar-refractivity contribution in [2.75, 3.05) is 20.1 Å². The van der Waals surface area contributed by atoms with Gasteiger partial charge in [0.15, 0.2) is 0 Å². The SMILES string of the molecule is CNC(=O)C1(Cc2cc(-c3ccccc3)no2)CCN(C(=O)Cc2ccc(F)cc2)C1. The Balaban J connectivity index is 1.49. The number of hydrogen-bond acceptors (Lipinski definition) is 4. The third kappa shape index (κ3) is 4.50. The van der Waals surface area contributed by atoms with Gasteiger partial charge in [0, 0.05) is 38.2 Å². The summed E-state index contributed by atoms with van der Waals surface area (Å²) in [7, 11) is 1.60. The fraction of sp³-hybridized carbons (Fsp3) is 0.292. The van der Waals surface area contributed by atoms with E-state index in [2.05, 4.69) is 10.5 Å². The van der Waals surface area contributed by atoms with E-state index in [0.717, 1.165) is 11.1 Å². The first kappa shape index (κ1) is 20.8. The van der Waals surface area contributed by atoms with Crippen molar-refractivity contribution in [3.05, 3.63) is 77.8 Å². The van der Waals surface area contributed by atoms with Crippen molar-refractivity contribution in [1.29, 1.82) is 0 Å². The largest absolute Gasteiger partial charge is 0.361 e. The molecular formula is C24H24FN3O3. The molecule has 0 radical (unpaired) electrons. The van der Waals surface area contributed by atoms with Crippen molar-refractivity contribution in [3.8, 4) is 11.3 Å². The van der Waals surface area contributed by atoms with E-state index in [9.17, 15) is 14.0 Å². The van der Waals surface area contributed by atoms with Crippen molar-refractivity contribution in [2.24, 2.45) is 5.41 Å². The summed E-state index contributed by atoms with van der Waals surface area (Å²) in [5, 5.41) is 6.89. The Hall–Kier alpha value is -3.48. The Morgan fingerprint density at radius 1 is 1.16 bits per heavy atom. The van der Waals surface area contributed by atoms with E-state index >= 15 is 0 Å². The summed E-state index contributed by atoms with van der Waals surface area (Å²) in [5.74, 6) is 0.0652. The van der Waals surface area contributed by atoms with E-state index in [1.165, 1.54) is 12.1 Å². The van der Waals surface area contributed by atoms with Gasteiger partial charge in [-0.2, -0.15) is 0 Å². The lowest BCUT2D eigenvalue weighted by atomic mass is 9.81. The molecule has 1 unspecified atom stereocenters. The molecule has 2 aromatic carbocycles. The van der Waals surface area contributed by atoms with E-state index in [1.54, 1.807) is 24.1 Å². The van der Waals surface area contributed by atoms with Gasteiger partial charge in [0.25, 0.3) is 0 Å². The number of halogens is 1. The maximum absolute atomic E-state index is 13.1. The molecule has 0 aliphatic carbocycles. The molecule has 2 heterocycles. The van der Waals surface area contributed by atoms with Gasteiger partial charge in [0.05, 0.1) is 11.8 Å². The minimum absolute atomic E-state index is 0.0834. The summed E-state index contributed by atoms with van der Waals surface area (Å²) < 4.78 is 18.7. The monoisotopic (exact) mass is 421 g/mol. The molecule has 1 fully saturated rings. The average Bonchev–Trinajstić information content (AvgIpc) is 3.44. The minimum Gasteiger partial charge on any atom is -0.361 e. The summed E-state index contributed by atoms with van der Waals surface area (Å²) in [6.45, 7) is 0.779. The topological polar surface area (TPSA) is 75.4 Å². The van der Waals surface area contributed by atoms with Crippen LogP contribution >= 0.6 is 0 Å². The lowest BCUT2D eigenvalue weighted by molar-refractivity contribution is -0.132. The van der Waals surface area contributed by atoms with Crippen LogP contribution in [0.3, 0.4) is 0 Å². The minimum atomic E-state index is -0.777. The van der Waals surface area contributed by atoms with Crippen LogP contribution in [0.15, 0.2) is 65.2 Å². The van der Waals surface area contributed by atoms with Gasteiger partial charge in [0.2, 0.25) is 11.8 Å². The predicted molar refractivity (Wildman–Crippen MR) is 113 cm³/mol. The molecule has 1 aromatic heterocycles. The number of rotatable bonds is 6. The highest BCUT2D eigenvalue weighted by Crippen LogP contribution is 2.36. The second kappa shape index (κ2) is 8.71. The van der Waals surface area contributed by atoms with E-state index in [-0.39, 0.29) is 24.1 Å². The number of nitrogens with one attached hydrogen (secondary N) is 1. The fourth-order valence-electron chi connectivity index (χ4n) is 4.12. The molecule has 160 valence electrons. The normalized spacial score (nSPS) is 18.2. The number of carbonyl (C=O) groups is 2. The van der Waals surface area contributed by atoms with Crippen molar-refractivity contribution in [3.63, 3.8) is 0 Å². The van der Waals surface area contributed by atoms with Gasteiger partial charge in [-0.05, 0) is 24.1 Å². The maximum Gasteiger partial charge on any atom is 0.228 e. The molecule has 7 heteroatoms. The van der Waals surface area contributed by atoms with Crippen molar-refractivity contribution < 1.29 is 18.5 Å². The number of benzene rings is 2. The molecule has 1 atom stereocenters. The second-order valence-electron chi connectivity index (χ2n) is 7.95. The summed E-state index contributed by atoms with van der Waals surface area (Å²) >= 11 is 0. The average molecular weight is 421 g/mol. The van der Waals surface area contributed by atoms with Gasteiger partial charge in [-0.25, -0.2) is 4.39 Å². The van der Waals surface area contributed by atoms with Crippen LogP contribution in [0, 0.1) is 11.2 Å². The number of nitrogens with zero attached hydrogens (tertiary/aromatic N) is 2. The molecule has 4 rings (SSSR count). The molecule has 0 spiro atoms. The quantitative estimate of drug-likeness (QED) is 0.663. The zero-order valence-corrected chi connectivity index (χ0v) is 17.3. The standard InChI is InChI=1S/C24H24FN3O3/c1-26-23(30)24(15-20-14-21(27-31-20)18-5-3-2-4-6-18)11-12-28(16-24)22(29)13-17-7-9-19(25)10-8-17/h2-10,14H,11-13,15-16H2,1H3,(H,26,30). The lowest BCUT2D eigenvalue weighted by Gasteiger charge is -2.26. The highest BCUT2D eigenvalue weighted by Gasteiger charge is 2.46. The van der Waals surface area contributed by atoms with Gasteiger partial charge in [0.1, 0.15) is 17.3 Å². The Kier molecular flexibility index (Phi) is 5.84. The summed E-state index contributed by atoms with van der Waals surface area (Å²) in [6.07, 6.45) is 1.06. The van der Waals surface area contributed by atoms with Crippen molar-refractivity contribution in [2.45, 2.75) is 19.3 Å². The van der Waals surface area contributed by atoms with Gasteiger partial charge >= 0.3 is 0 Å². The van der Waals surface area contributed by atoms with E-state index in [1.807, 2.05) is 36.4 Å². The van der Waals surface area contributed by atoms with Gasteiger partial charge in [-0.1, -0.05) is 47.6 Å². The number of hydrogen-bond donors (Lipinski definition) is 1. The van der Waals surface area contributed by atoms with Crippen LogP contribution in [0.1, 0.15) is 17.7 Å². The lowest BCUT2D eigenvalue weighted by Crippen LogP contribution is -2.44. The molecule has 1 aliphatic heterocycles. The van der Waals surface area contributed by atoms with Crippen LogP contribution in [-0.4, -0.2) is 42.0 Å². The first-order valence-corrected chi connectivity index (χ1v) is 10.2. The number of aromatic nitrogens is 1. The molecule has 1 aliphatic rings. The molecule has 0 bridgehead atoms. The van der Waals surface area contributed by atoms with Crippen LogP contribution in [0.2, 0.25) is 0 Å². The molecule has 31 heavy (non-hydrogen) atoms. The highest BCUT2D eigenvalue weighted by atomic mass is 19.1. The third-order valence-electron chi connectivity index (χ3n) is 5.82. The van der Waals surface area contributed by atoms with Gasteiger partial charge < -0.3 is 14.7 Å². The number of carbonyl (C=O) groups excluding carboxylic acids is 2. The summed E-state index contributed by atoms with van der Waals surface area (Å²) in [4.78, 5) is 27.3. The van der Waals surface area contributed by atoms with Crippen LogP contribution in [0.4, 0.5) is 4.39 Å². The van der Waals surface area contributed by atoms with Crippen LogP contribution in [-0.2, 0) is 22.4 Å². The Morgan fingerprint density at radius 3 is 2.61 bits per heavy atom. The smallest absolute Gasteiger partial charge is 0.228 e. The molecule has 2 amide bonds. The van der Waals surface area contributed by atoms with E-state index < -0.39 is 5.41 Å². The molecule has 1 N–H and O–H groups in total. The van der Waals surface area contributed by atoms with Crippen LogP contribution in [0.5, 0.6) is 0 Å². The molecular weight excluding hydrogens is 397 g/mol. The Bertz CT molecular complexity index is 1070. The molecule has 1 saturated heterocycles. The summed E-state index contributed by atoms with van der Waals surface area (Å²) in [6, 6.07) is 17.4. The molecule has 6 nitrogen and oxygen atoms in total. The van der Waals surface area contributed by atoms with E-state index in [4.69, 9.17) is 4.52 Å². The zero-order chi connectivity index (χ0) is 21.8. The second-order valence-corrected chi connectivity index (χ2v) is 7.95. The van der Waals surface area contributed by atoms with Gasteiger partial charge in [-0.15, -0.1) is 0 Å². The first-order chi connectivity index (χ1) is 15.0. The first-order valence-electron chi connectivity index (χ1n) is 10.2. The summed E-state index contributed by atoms with van der Waals surface area (Å²) in [5.41, 5.74) is 1.62. The predicted octanol–water partition coefficient (Wildman–Crippen LogP) is 3.23. The third-order valence-corrected chi connectivity index (χ3v) is 5.82. The van der Waals surface area contributed by atoms with Gasteiger partial charge in [-0.3, -0.25) is 9.59 Å². The fourth-order valence-corrected chi connectivity index (χ4v) is 4.12. The Morgan fingerprint density at radius 2 is 1.90 bits per heavy atom. The van der Waals surface area contributed by atoms with Crippen molar-refractivity contribution in [1.82, 2.24) is 15.4 Å². The van der Waals surface area contributed by atoms with Crippen LogP contribution in [0.25, 0.3) is 11.3 Å². The van der Waals surface area contributed by atoms with Crippen LogP contribution < -0.4 is 5.32 Å². The van der Waals surface area contributed by atoms with E-state index in [0.29, 0.717) is 37.4 Å². The zero-order valence-electron chi connectivity index (χ0n) is 17.3. The maximum atomic E-state index is 13.1. The molecule has 3 aromatic rings. The number of amides is 2.